The Morgan fingerprint density at radius 1 is 0.433 bits per heavy atom. The average molecular weight is 883 g/mol. The maximum absolute atomic E-state index is 13.4. The lowest BCUT2D eigenvalue weighted by molar-refractivity contribution is 0.0967. The minimum absolute atomic E-state index is 0.000493. The van der Waals surface area contributed by atoms with E-state index >= 15 is 0 Å². The van der Waals surface area contributed by atoms with Crippen molar-refractivity contribution in [2.45, 2.75) is 84.7 Å². The molecular weight excluding hydrogens is 821 g/mol. The van der Waals surface area contributed by atoms with Crippen molar-refractivity contribution in [3.05, 3.63) is 223 Å². The van der Waals surface area contributed by atoms with Crippen molar-refractivity contribution in [2.75, 3.05) is 9.80 Å². The normalized spacial score (nSPS) is 11.5. The molecule has 0 aliphatic heterocycles. The van der Waals surface area contributed by atoms with Gasteiger partial charge in [0.05, 0.1) is 0 Å². The van der Waals surface area contributed by atoms with E-state index in [0.717, 1.165) is 83.1 Å². The van der Waals surface area contributed by atoms with E-state index in [9.17, 15) is 4.79 Å². The lowest BCUT2D eigenvalue weighted by atomic mass is 9.77. The van der Waals surface area contributed by atoms with Gasteiger partial charge in [0.2, 0.25) is 0 Å². The SMILES string of the molecule is CCCCC(C)(C)Oc1ccc(N(c2ccccc2)c2ccc(-c3ccc(N(c4ccccc4)c4ccc(Oc5ccc(C(=O)c6ccc(C(C)(CC)CC)cc6)cc5)cc4)cc3)cc2)cc1. The van der Waals surface area contributed by atoms with Crippen LogP contribution in [0.1, 0.15) is 95.1 Å². The molecule has 0 atom stereocenters. The summed E-state index contributed by atoms with van der Waals surface area (Å²) in [4.78, 5) is 17.9. The van der Waals surface area contributed by atoms with Crippen LogP contribution in [0, 0.1) is 0 Å². The minimum Gasteiger partial charge on any atom is -0.488 e. The van der Waals surface area contributed by atoms with Gasteiger partial charge in [-0.1, -0.05) is 119 Å². The molecule has 67 heavy (non-hydrogen) atoms. The molecule has 5 nitrogen and oxygen atoms in total. The highest BCUT2D eigenvalue weighted by atomic mass is 16.5. The third kappa shape index (κ3) is 11.0. The van der Waals surface area contributed by atoms with Crippen molar-refractivity contribution in [1.82, 2.24) is 0 Å². The Labute approximate surface area is 398 Å². The van der Waals surface area contributed by atoms with E-state index in [1.165, 1.54) is 5.56 Å². The molecule has 8 rings (SSSR count). The summed E-state index contributed by atoms with van der Waals surface area (Å²) in [6.45, 7) is 13.3. The van der Waals surface area contributed by atoms with E-state index in [-0.39, 0.29) is 16.8 Å². The van der Waals surface area contributed by atoms with Gasteiger partial charge in [-0.3, -0.25) is 4.79 Å². The molecule has 0 heterocycles. The quantitative estimate of drug-likeness (QED) is 0.0757. The Morgan fingerprint density at radius 2 is 0.791 bits per heavy atom. The number of carbonyl (C=O) groups is 1. The Morgan fingerprint density at radius 3 is 1.19 bits per heavy atom. The molecule has 5 heteroatoms. The van der Waals surface area contributed by atoms with Gasteiger partial charge >= 0.3 is 0 Å². The number of benzene rings is 8. The summed E-state index contributed by atoms with van der Waals surface area (Å²) < 4.78 is 12.7. The molecule has 0 fully saturated rings. The summed E-state index contributed by atoms with van der Waals surface area (Å²) in [5.41, 5.74) is 11.1. The largest absolute Gasteiger partial charge is 0.488 e. The number of para-hydroxylation sites is 2. The smallest absolute Gasteiger partial charge is 0.193 e. The number of unbranched alkanes of at least 4 members (excludes halogenated alkanes) is 1. The second-order valence-electron chi connectivity index (χ2n) is 18.2. The molecule has 0 aliphatic rings. The maximum Gasteiger partial charge on any atom is 0.193 e. The summed E-state index contributed by atoms with van der Waals surface area (Å²) in [5.74, 6) is 2.25. The van der Waals surface area contributed by atoms with Gasteiger partial charge in [0.15, 0.2) is 5.78 Å². The van der Waals surface area contributed by atoms with Crippen LogP contribution in [0.4, 0.5) is 34.1 Å². The van der Waals surface area contributed by atoms with Gasteiger partial charge in [-0.2, -0.15) is 0 Å². The molecule has 0 saturated heterocycles. The predicted molar refractivity (Wildman–Crippen MR) is 280 cm³/mol. The third-order valence-corrected chi connectivity index (χ3v) is 13.1. The van der Waals surface area contributed by atoms with Crippen LogP contribution in [0.15, 0.2) is 206 Å². The van der Waals surface area contributed by atoms with Gasteiger partial charge in [-0.25, -0.2) is 0 Å². The van der Waals surface area contributed by atoms with Gasteiger partial charge in [0.25, 0.3) is 0 Å². The molecule has 0 unspecified atom stereocenters. The molecule has 0 radical (unpaired) electrons. The highest BCUT2D eigenvalue weighted by Crippen LogP contribution is 2.40. The second-order valence-corrected chi connectivity index (χ2v) is 18.2. The van der Waals surface area contributed by atoms with Crippen LogP contribution in [0.25, 0.3) is 11.1 Å². The molecule has 0 aliphatic carbocycles. The third-order valence-electron chi connectivity index (χ3n) is 13.1. The van der Waals surface area contributed by atoms with Crippen LogP contribution in [-0.2, 0) is 5.41 Å². The van der Waals surface area contributed by atoms with Crippen LogP contribution >= 0.6 is 0 Å². The van der Waals surface area contributed by atoms with Crippen molar-refractivity contribution < 1.29 is 14.3 Å². The van der Waals surface area contributed by atoms with Gasteiger partial charge in [-0.15, -0.1) is 0 Å². The van der Waals surface area contributed by atoms with Crippen LogP contribution in [-0.4, -0.2) is 11.4 Å². The first kappa shape index (κ1) is 46.2. The van der Waals surface area contributed by atoms with E-state index in [4.69, 9.17) is 9.47 Å². The molecule has 0 bridgehead atoms. The molecule has 0 saturated carbocycles. The fourth-order valence-corrected chi connectivity index (χ4v) is 8.61. The number of ketones is 1. The van der Waals surface area contributed by atoms with Gasteiger partial charge < -0.3 is 19.3 Å². The topological polar surface area (TPSA) is 42.0 Å². The average Bonchev–Trinajstić information content (AvgIpc) is 3.38. The lowest BCUT2D eigenvalue weighted by Crippen LogP contribution is -2.27. The number of hydrogen-bond donors (Lipinski definition) is 0. The number of anilines is 6. The molecular formula is C62H62N2O3. The molecule has 0 aromatic heterocycles. The van der Waals surface area contributed by atoms with Crippen molar-refractivity contribution >= 4 is 39.9 Å². The Hall–Kier alpha value is -7.37. The first-order valence-corrected chi connectivity index (χ1v) is 23.8. The molecule has 0 N–H and O–H groups in total. The first-order valence-electron chi connectivity index (χ1n) is 23.8. The standard InChI is InChI=1S/C62H62N2O3/c1-7-10-45-61(4,5)67-59-43-37-56(38-44-59)64(52-19-15-12-16-20-52)54-33-25-47(26-34-54)46-23-31-53(32-24-46)63(51-17-13-11-14-18-51)55-35-41-58(42-36-55)66-57-39-27-49(28-40-57)60(65)48-21-29-50(30-22-48)62(6,8-2)9-3/h11-44H,7-10,45H2,1-6H3. The van der Waals surface area contributed by atoms with Gasteiger partial charge in [0.1, 0.15) is 22.8 Å². The summed E-state index contributed by atoms with van der Waals surface area (Å²) in [6.07, 6.45) is 5.43. The van der Waals surface area contributed by atoms with Crippen molar-refractivity contribution in [1.29, 1.82) is 0 Å². The van der Waals surface area contributed by atoms with E-state index in [2.05, 4.69) is 197 Å². The molecule has 8 aromatic carbocycles. The van der Waals surface area contributed by atoms with E-state index in [1.54, 1.807) is 0 Å². The summed E-state index contributed by atoms with van der Waals surface area (Å²) in [7, 11) is 0. The van der Waals surface area contributed by atoms with Crippen molar-refractivity contribution in [3.63, 3.8) is 0 Å². The maximum atomic E-state index is 13.4. The van der Waals surface area contributed by atoms with Crippen LogP contribution in [0.2, 0.25) is 0 Å². The zero-order valence-electron chi connectivity index (χ0n) is 39.8. The first-order chi connectivity index (χ1) is 32.6. The summed E-state index contributed by atoms with van der Waals surface area (Å²) in [5, 5.41) is 0. The number of ether oxygens (including phenoxy) is 2. The highest BCUT2D eigenvalue weighted by Gasteiger charge is 2.23. The monoisotopic (exact) mass is 882 g/mol. The summed E-state index contributed by atoms with van der Waals surface area (Å²) >= 11 is 0. The molecule has 8 aromatic rings. The Balaban J connectivity index is 0.964. The molecule has 0 spiro atoms. The van der Waals surface area contributed by atoms with E-state index in [0.29, 0.717) is 22.6 Å². The van der Waals surface area contributed by atoms with Crippen molar-refractivity contribution in [2.24, 2.45) is 0 Å². The minimum atomic E-state index is -0.216. The number of nitrogens with zero attached hydrogens (tertiary/aromatic N) is 2. The number of rotatable bonds is 19. The molecule has 338 valence electrons. The highest BCUT2D eigenvalue weighted by molar-refractivity contribution is 6.09. The summed E-state index contributed by atoms with van der Waals surface area (Å²) in [6, 6.07) is 70.4. The van der Waals surface area contributed by atoms with Crippen molar-refractivity contribution in [3.8, 4) is 28.4 Å². The second kappa shape index (κ2) is 20.9. The van der Waals surface area contributed by atoms with Crippen LogP contribution in [0.3, 0.4) is 0 Å². The Bertz CT molecular complexity index is 2800. The van der Waals surface area contributed by atoms with Crippen LogP contribution < -0.4 is 19.3 Å². The fraction of sp³-hybridized carbons (Fsp3) is 0.210. The fourth-order valence-electron chi connectivity index (χ4n) is 8.61. The Kier molecular flexibility index (Phi) is 14.4. The molecule has 0 amide bonds. The number of carbonyl (C=O) groups excluding carboxylic acids is 1. The van der Waals surface area contributed by atoms with E-state index in [1.807, 2.05) is 60.7 Å². The van der Waals surface area contributed by atoms with E-state index < -0.39 is 0 Å². The van der Waals surface area contributed by atoms with Gasteiger partial charge in [-0.05, 0) is 183 Å². The zero-order valence-corrected chi connectivity index (χ0v) is 39.8. The van der Waals surface area contributed by atoms with Gasteiger partial charge in [0, 0.05) is 45.3 Å². The number of hydrogen-bond acceptors (Lipinski definition) is 5. The van der Waals surface area contributed by atoms with Crippen LogP contribution in [0.5, 0.6) is 17.2 Å². The lowest BCUT2D eigenvalue weighted by Gasteiger charge is -2.28. The zero-order chi connectivity index (χ0) is 46.8. The predicted octanol–water partition coefficient (Wildman–Crippen LogP) is 17.7.